The van der Waals surface area contributed by atoms with Gasteiger partial charge in [0.1, 0.15) is 0 Å². The van der Waals surface area contributed by atoms with Crippen LogP contribution in [0.1, 0.15) is 33.1 Å². The number of amides is 1. The first-order valence-corrected chi connectivity index (χ1v) is 5.62. The van der Waals surface area contributed by atoms with E-state index in [1.807, 2.05) is 6.92 Å². The van der Waals surface area contributed by atoms with Crippen molar-refractivity contribution in [3.63, 3.8) is 0 Å². The van der Waals surface area contributed by atoms with Gasteiger partial charge in [-0.15, -0.1) is 11.6 Å². The van der Waals surface area contributed by atoms with Crippen molar-refractivity contribution in [2.75, 3.05) is 5.88 Å². The zero-order chi connectivity index (χ0) is 11.8. The van der Waals surface area contributed by atoms with Crippen molar-refractivity contribution in [2.24, 2.45) is 5.92 Å². The summed E-state index contributed by atoms with van der Waals surface area (Å²) in [7, 11) is 0. The molecule has 0 aromatic carbocycles. The molecule has 0 aliphatic carbocycles. The van der Waals surface area contributed by atoms with Crippen molar-refractivity contribution in [2.45, 2.75) is 39.2 Å². The number of carboxylic acid groups (broad SMARTS) is 1. The summed E-state index contributed by atoms with van der Waals surface area (Å²) in [5.74, 6) is -1.25. The molecule has 0 radical (unpaired) electrons. The third-order valence-electron chi connectivity index (χ3n) is 2.32. The highest BCUT2D eigenvalue weighted by Gasteiger charge is 2.18. The van der Waals surface area contributed by atoms with E-state index in [0.717, 1.165) is 0 Å². The smallest absolute Gasteiger partial charge is 0.220 e. The van der Waals surface area contributed by atoms with Crippen LogP contribution in [0.5, 0.6) is 0 Å². The molecule has 0 spiro atoms. The molecule has 0 fully saturated rings. The Balaban J connectivity index is 4.16. The molecule has 0 heterocycles. The highest BCUT2D eigenvalue weighted by Crippen LogP contribution is 2.07. The van der Waals surface area contributed by atoms with Gasteiger partial charge in [-0.3, -0.25) is 4.79 Å². The summed E-state index contributed by atoms with van der Waals surface area (Å²) in [5.41, 5.74) is 0. The number of hydrogen-bond donors (Lipinski definition) is 1. The summed E-state index contributed by atoms with van der Waals surface area (Å²) in [6.45, 7) is 3.63. The Hall–Kier alpha value is -0.770. The lowest BCUT2D eigenvalue weighted by atomic mass is 9.99. The first kappa shape index (κ1) is 14.2. The summed E-state index contributed by atoms with van der Waals surface area (Å²) >= 11 is 5.43. The standard InChI is InChI=1S/C10H18ClNO3/c1-3-7(2)9(10(14)15)12-8(13)5-4-6-11/h7,9H,3-6H2,1-2H3,(H,12,13)(H,14,15)/p-1. The van der Waals surface area contributed by atoms with Crippen LogP contribution >= 0.6 is 11.6 Å². The number of hydrogen-bond acceptors (Lipinski definition) is 3. The van der Waals surface area contributed by atoms with Gasteiger partial charge < -0.3 is 15.2 Å². The van der Waals surface area contributed by atoms with Gasteiger partial charge in [0.2, 0.25) is 5.91 Å². The SMILES string of the molecule is CCC(C)C(NC(=O)CCCCl)C(=O)[O-]. The molecule has 88 valence electrons. The Morgan fingerprint density at radius 3 is 2.47 bits per heavy atom. The lowest BCUT2D eigenvalue weighted by Crippen LogP contribution is -2.51. The molecule has 0 aromatic rings. The maximum atomic E-state index is 11.3. The summed E-state index contributed by atoms with van der Waals surface area (Å²) < 4.78 is 0. The maximum absolute atomic E-state index is 11.3. The zero-order valence-electron chi connectivity index (χ0n) is 9.09. The Morgan fingerprint density at radius 1 is 1.47 bits per heavy atom. The van der Waals surface area contributed by atoms with Crippen LogP contribution in [0.2, 0.25) is 0 Å². The summed E-state index contributed by atoms with van der Waals surface area (Å²) in [6.07, 6.45) is 1.48. The van der Waals surface area contributed by atoms with Crippen molar-refractivity contribution in [1.29, 1.82) is 0 Å². The van der Waals surface area contributed by atoms with E-state index in [4.69, 9.17) is 11.6 Å². The minimum atomic E-state index is -1.23. The van der Waals surface area contributed by atoms with Gasteiger partial charge in [-0.05, 0) is 12.3 Å². The molecule has 0 aromatic heterocycles. The van der Waals surface area contributed by atoms with Crippen LogP contribution in [0, 0.1) is 5.92 Å². The molecular formula is C10H17ClNO3-. The molecule has 2 atom stereocenters. The van der Waals surface area contributed by atoms with Crippen molar-refractivity contribution < 1.29 is 14.7 Å². The summed E-state index contributed by atoms with van der Waals surface area (Å²) in [5, 5.41) is 13.2. The van der Waals surface area contributed by atoms with Gasteiger partial charge in [0.15, 0.2) is 0 Å². The van der Waals surface area contributed by atoms with Crippen molar-refractivity contribution in [3.8, 4) is 0 Å². The van der Waals surface area contributed by atoms with E-state index >= 15 is 0 Å². The van der Waals surface area contributed by atoms with Gasteiger partial charge in [-0.1, -0.05) is 20.3 Å². The van der Waals surface area contributed by atoms with Crippen molar-refractivity contribution in [3.05, 3.63) is 0 Å². The molecule has 5 heteroatoms. The molecule has 0 aliphatic rings. The van der Waals surface area contributed by atoms with Gasteiger partial charge in [-0.2, -0.15) is 0 Å². The lowest BCUT2D eigenvalue weighted by Gasteiger charge is -2.25. The van der Waals surface area contributed by atoms with Crippen LogP contribution < -0.4 is 10.4 Å². The predicted octanol–water partition coefficient (Wildman–Crippen LogP) is 0.286. The predicted molar refractivity (Wildman–Crippen MR) is 56.3 cm³/mol. The van der Waals surface area contributed by atoms with Gasteiger partial charge in [0.05, 0.1) is 12.0 Å². The third kappa shape index (κ3) is 5.62. The molecule has 15 heavy (non-hydrogen) atoms. The molecule has 0 saturated heterocycles. The summed E-state index contributed by atoms with van der Waals surface area (Å²) in [6, 6.07) is -0.905. The molecule has 0 aliphatic heterocycles. The second-order valence-corrected chi connectivity index (χ2v) is 3.92. The van der Waals surface area contributed by atoms with Crippen LogP contribution in [0.4, 0.5) is 0 Å². The van der Waals surface area contributed by atoms with Gasteiger partial charge in [-0.25, -0.2) is 0 Å². The van der Waals surface area contributed by atoms with E-state index < -0.39 is 12.0 Å². The summed E-state index contributed by atoms with van der Waals surface area (Å²) in [4.78, 5) is 22.0. The highest BCUT2D eigenvalue weighted by molar-refractivity contribution is 6.17. The Labute approximate surface area is 95.0 Å². The molecule has 4 nitrogen and oxygen atoms in total. The van der Waals surface area contributed by atoms with Crippen LogP contribution in [0.25, 0.3) is 0 Å². The number of carboxylic acids is 1. The number of rotatable bonds is 7. The fraction of sp³-hybridized carbons (Fsp3) is 0.800. The molecule has 2 unspecified atom stereocenters. The monoisotopic (exact) mass is 234 g/mol. The quantitative estimate of drug-likeness (QED) is 0.644. The Kier molecular flexibility index (Phi) is 7.13. The van der Waals surface area contributed by atoms with E-state index in [-0.39, 0.29) is 18.2 Å². The Morgan fingerprint density at radius 2 is 2.07 bits per heavy atom. The topological polar surface area (TPSA) is 69.2 Å². The number of nitrogens with one attached hydrogen (secondary N) is 1. The van der Waals surface area contributed by atoms with Crippen LogP contribution in [-0.2, 0) is 9.59 Å². The molecule has 1 amide bonds. The van der Waals surface area contributed by atoms with Crippen LogP contribution in [-0.4, -0.2) is 23.8 Å². The van der Waals surface area contributed by atoms with E-state index in [2.05, 4.69) is 5.32 Å². The van der Waals surface area contributed by atoms with E-state index in [0.29, 0.717) is 18.7 Å². The number of carbonyl (C=O) groups is 2. The maximum Gasteiger partial charge on any atom is 0.220 e. The number of carbonyl (C=O) groups excluding carboxylic acids is 2. The molecule has 1 N–H and O–H groups in total. The fourth-order valence-corrected chi connectivity index (χ4v) is 1.28. The normalized spacial score (nSPS) is 14.3. The molecular weight excluding hydrogens is 218 g/mol. The number of aliphatic carboxylic acids is 1. The molecule has 0 saturated carbocycles. The van der Waals surface area contributed by atoms with Gasteiger partial charge in [0.25, 0.3) is 0 Å². The van der Waals surface area contributed by atoms with E-state index in [1.165, 1.54) is 0 Å². The fourth-order valence-electron chi connectivity index (χ4n) is 1.14. The van der Waals surface area contributed by atoms with E-state index in [9.17, 15) is 14.7 Å². The first-order valence-electron chi connectivity index (χ1n) is 5.09. The van der Waals surface area contributed by atoms with Crippen LogP contribution in [0.3, 0.4) is 0 Å². The minimum absolute atomic E-state index is 0.130. The first-order chi connectivity index (χ1) is 7.02. The lowest BCUT2D eigenvalue weighted by molar-refractivity contribution is -0.309. The molecule has 0 bridgehead atoms. The van der Waals surface area contributed by atoms with Crippen molar-refractivity contribution in [1.82, 2.24) is 5.32 Å². The number of alkyl halides is 1. The van der Waals surface area contributed by atoms with Crippen molar-refractivity contribution >= 4 is 23.5 Å². The Bertz CT molecular complexity index is 221. The molecule has 0 rings (SSSR count). The zero-order valence-corrected chi connectivity index (χ0v) is 9.84. The second kappa shape index (κ2) is 7.51. The second-order valence-electron chi connectivity index (χ2n) is 3.54. The largest absolute Gasteiger partial charge is 0.548 e. The van der Waals surface area contributed by atoms with Crippen LogP contribution in [0.15, 0.2) is 0 Å². The van der Waals surface area contributed by atoms with Gasteiger partial charge in [0, 0.05) is 12.3 Å². The average molecular weight is 235 g/mol. The highest BCUT2D eigenvalue weighted by atomic mass is 35.5. The third-order valence-corrected chi connectivity index (χ3v) is 2.59. The van der Waals surface area contributed by atoms with E-state index in [1.54, 1.807) is 6.92 Å². The average Bonchev–Trinajstić information content (AvgIpc) is 2.21. The minimum Gasteiger partial charge on any atom is -0.548 e. The number of halogens is 1. The van der Waals surface area contributed by atoms with Gasteiger partial charge >= 0.3 is 0 Å².